The maximum Gasteiger partial charge on any atom is 0.139 e. The van der Waals surface area contributed by atoms with Crippen molar-refractivity contribution in [3.63, 3.8) is 0 Å². The van der Waals surface area contributed by atoms with Crippen LogP contribution in [0.2, 0.25) is 0 Å². The van der Waals surface area contributed by atoms with Crippen LogP contribution in [-0.4, -0.2) is 97.7 Å². The van der Waals surface area contributed by atoms with Crippen LogP contribution in [0, 0.1) is 13.8 Å². The van der Waals surface area contributed by atoms with Crippen LogP contribution in [0.4, 0.5) is 32.8 Å². The molecule has 0 amide bonds. The summed E-state index contributed by atoms with van der Waals surface area (Å²) >= 11 is 3.69. The molecule has 2 aromatic heterocycles. The highest BCUT2D eigenvalue weighted by Gasteiger charge is 2.38. The van der Waals surface area contributed by atoms with Crippen LogP contribution in [0.1, 0.15) is 20.9 Å². The fraction of sp³-hybridized carbons (Fsp3) is 0.353. The first-order valence-corrected chi connectivity index (χ1v) is 17.1. The van der Waals surface area contributed by atoms with Crippen molar-refractivity contribution in [2.75, 3.05) is 76.5 Å². The molecule has 8 nitrogen and oxygen atoms in total. The summed E-state index contributed by atoms with van der Waals surface area (Å²) in [5.41, 5.74) is 6.53. The Hall–Kier alpha value is -3.70. The molecule has 10 heteroatoms. The standard InChI is InChI=1S/C34H38N8S2/c1-23-21-25-31(39-17-13-37(3)14-18-39)35-27-9-5-7-11-29(27)41(33(25)43-23)42-30-12-8-6-10-28(30)36-32(26-22-24(2)44-34(26)42)40-19-15-38(4)16-20-40/h5-12,21-22H,13-20H2,1-4H3. The number of aryl methyl sites for hydroxylation is 2. The molecule has 2 fully saturated rings. The lowest BCUT2D eigenvalue weighted by molar-refractivity contribution is 0.216. The van der Waals surface area contributed by atoms with Gasteiger partial charge >= 0.3 is 0 Å². The van der Waals surface area contributed by atoms with E-state index in [1.807, 2.05) is 22.7 Å². The molecule has 4 aliphatic heterocycles. The number of hydrazine groups is 1. The monoisotopic (exact) mass is 622 g/mol. The number of nitrogens with zero attached hydrogens (tertiary/aromatic N) is 8. The number of aliphatic imine (C=N–C) groups is 2. The van der Waals surface area contributed by atoms with Crippen molar-refractivity contribution in [1.82, 2.24) is 19.6 Å². The van der Waals surface area contributed by atoms with E-state index in [1.54, 1.807) is 0 Å². The smallest absolute Gasteiger partial charge is 0.139 e. The number of hydrogen-bond acceptors (Lipinski definition) is 10. The molecule has 2 saturated heterocycles. The summed E-state index contributed by atoms with van der Waals surface area (Å²) in [7, 11) is 4.42. The van der Waals surface area contributed by atoms with E-state index in [9.17, 15) is 0 Å². The Morgan fingerprint density at radius 2 is 0.932 bits per heavy atom. The van der Waals surface area contributed by atoms with Gasteiger partial charge in [-0.25, -0.2) is 20.0 Å². The van der Waals surface area contributed by atoms with Crippen LogP contribution in [-0.2, 0) is 0 Å². The molecule has 0 N–H and O–H groups in total. The fourth-order valence-corrected chi connectivity index (χ4v) is 8.61. The quantitative estimate of drug-likeness (QED) is 0.239. The highest BCUT2D eigenvalue weighted by molar-refractivity contribution is 7.17. The maximum atomic E-state index is 5.45. The van der Waals surface area contributed by atoms with Crippen LogP contribution >= 0.6 is 22.7 Å². The first-order chi connectivity index (χ1) is 21.4. The van der Waals surface area contributed by atoms with Crippen LogP contribution in [0.15, 0.2) is 70.6 Å². The zero-order chi connectivity index (χ0) is 29.9. The molecule has 4 aliphatic rings. The molecular weight excluding hydrogens is 585 g/mol. The summed E-state index contributed by atoms with van der Waals surface area (Å²) in [4.78, 5) is 23.2. The molecule has 44 heavy (non-hydrogen) atoms. The molecule has 8 rings (SSSR count). The number of amidine groups is 2. The Morgan fingerprint density at radius 1 is 0.545 bits per heavy atom. The van der Waals surface area contributed by atoms with Gasteiger partial charge in [-0.15, -0.1) is 22.7 Å². The van der Waals surface area contributed by atoms with Gasteiger partial charge in [-0.05, 0) is 64.3 Å². The molecule has 0 saturated carbocycles. The minimum atomic E-state index is 0.967. The van der Waals surface area contributed by atoms with Crippen molar-refractivity contribution >= 4 is 67.1 Å². The summed E-state index contributed by atoms with van der Waals surface area (Å²) < 4.78 is 0. The number of hydrogen-bond donors (Lipinski definition) is 0. The van der Waals surface area contributed by atoms with Crippen molar-refractivity contribution in [1.29, 1.82) is 0 Å². The number of fused-ring (bicyclic) bond motifs is 4. The Morgan fingerprint density at radius 3 is 1.34 bits per heavy atom. The van der Waals surface area contributed by atoms with Crippen molar-refractivity contribution < 1.29 is 0 Å². The summed E-state index contributed by atoms with van der Waals surface area (Å²) in [6.07, 6.45) is 0. The Bertz CT molecular complexity index is 1640. The molecule has 0 atom stereocenters. The first-order valence-electron chi connectivity index (χ1n) is 15.5. The summed E-state index contributed by atoms with van der Waals surface area (Å²) in [6.45, 7) is 12.4. The largest absolute Gasteiger partial charge is 0.353 e. The molecule has 6 heterocycles. The zero-order valence-electron chi connectivity index (χ0n) is 25.8. The number of piperazine rings is 2. The van der Waals surface area contributed by atoms with Gasteiger partial charge in [0.15, 0.2) is 0 Å². The van der Waals surface area contributed by atoms with Crippen LogP contribution in [0.25, 0.3) is 0 Å². The number of benzene rings is 2. The average molecular weight is 623 g/mol. The molecule has 0 bridgehead atoms. The van der Waals surface area contributed by atoms with E-state index in [2.05, 4.69) is 118 Å². The van der Waals surface area contributed by atoms with Gasteiger partial charge in [-0.3, -0.25) is 0 Å². The van der Waals surface area contributed by atoms with E-state index in [0.29, 0.717) is 0 Å². The fourth-order valence-electron chi connectivity index (χ4n) is 6.60. The van der Waals surface area contributed by atoms with Gasteiger partial charge in [0.25, 0.3) is 0 Å². The molecule has 0 unspecified atom stereocenters. The van der Waals surface area contributed by atoms with Gasteiger partial charge in [0.1, 0.15) is 21.7 Å². The first kappa shape index (κ1) is 27.8. The second-order valence-corrected chi connectivity index (χ2v) is 14.7. The number of para-hydroxylation sites is 4. The molecule has 0 aliphatic carbocycles. The molecule has 0 spiro atoms. The lowest BCUT2D eigenvalue weighted by atomic mass is 10.2. The SMILES string of the molecule is Cc1cc2c(s1)N(N1c3ccccc3N=C(N3CCN(C)CC3)c3cc(C)sc31)c1ccccc1N=C2N1CCN(C)CC1. The number of likely N-dealkylation sites (N-methyl/N-ethyl adjacent to an activating group) is 2. The summed E-state index contributed by atoms with van der Waals surface area (Å²) in [5.74, 6) is 2.15. The third-order valence-corrected chi connectivity index (χ3v) is 11.1. The van der Waals surface area contributed by atoms with Crippen LogP contribution in [0.3, 0.4) is 0 Å². The van der Waals surface area contributed by atoms with E-state index in [1.165, 1.54) is 30.9 Å². The molecular formula is C34H38N8S2. The van der Waals surface area contributed by atoms with Crippen molar-refractivity contribution in [3.05, 3.63) is 81.5 Å². The van der Waals surface area contributed by atoms with Crippen molar-refractivity contribution in [3.8, 4) is 0 Å². The Balaban J connectivity index is 1.34. The van der Waals surface area contributed by atoms with Crippen molar-refractivity contribution in [2.24, 2.45) is 9.98 Å². The minimum Gasteiger partial charge on any atom is -0.353 e. The Labute approximate surface area is 267 Å². The molecule has 2 aromatic carbocycles. The second kappa shape index (κ2) is 11.0. The molecule has 4 aromatic rings. The van der Waals surface area contributed by atoms with Gasteiger partial charge in [-0.1, -0.05) is 24.3 Å². The highest BCUT2D eigenvalue weighted by atomic mass is 32.1. The van der Waals surface area contributed by atoms with Gasteiger partial charge in [-0.2, -0.15) is 0 Å². The van der Waals surface area contributed by atoms with E-state index in [4.69, 9.17) is 9.98 Å². The zero-order valence-corrected chi connectivity index (χ0v) is 27.5. The summed E-state index contributed by atoms with van der Waals surface area (Å²) in [6, 6.07) is 21.9. The average Bonchev–Trinajstić information content (AvgIpc) is 3.53. The van der Waals surface area contributed by atoms with E-state index in [-0.39, 0.29) is 0 Å². The van der Waals surface area contributed by atoms with Crippen LogP contribution < -0.4 is 10.0 Å². The predicted molar refractivity (Wildman–Crippen MR) is 186 cm³/mol. The van der Waals surface area contributed by atoms with Gasteiger partial charge in [0.2, 0.25) is 0 Å². The van der Waals surface area contributed by atoms with Gasteiger partial charge < -0.3 is 19.6 Å². The normalized spacial score (nSPS) is 19.0. The van der Waals surface area contributed by atoms with Gasteiger partial charge in [0, 0.05) is 62.1 Å². The number of rotatable bonds is 1. The van der Waals surface area contributed by atoms with Crippen molar-refractivity contribution in [2.45, 2.75) is 13.8 Å². The lowest BCUT2D eigenvalue weighted by Gasteiger charge is -2.38. The number of anilines is 4. The Kier molecular flexibility index (Phi) is 6.97. The lowest BCUT2D eigenvalue weighted by Crippen LogP contribution is -2.47. The van der Waals surface area contributed by atoms with E-state index >= 15 is 0 Å². The third kappa shape index (κ3) is 4.72. The van der Waals surface area contributed by atoms with E-state index in [0.717, 1.165) is 86.8 Å². The highest BCUT2D eigenvalue weighted by Crippen LogP contribution is 2.52. The second-order valence-electron chi connectivity index (χ2n) is 12.2. The minimum absolute atomic E-state index is 0.967. The molecule has 226 valence electrons. The summed E-state index contributed by atoms with van der Waals surface area (Å²) in [5, 5.41) is 7.26. The third-order valence-electron chi connectivity index (χ3n) is 9.02. The van der Waals surface area contributed by atoms with Gasteiger partial charge in [0.05, 0.1) is 33.9 Å². The molecule has 0 radical (unpaired) electrons. The van der Waals surface area contributed by atoms with E-state index < -0.39 is 0 Å². The number of thiophene rings is 2. The maximum absolute atomic E-state index is 5.45. The predicted octanol–water partition coefficient (Wildman–Crippen LogP) is 6.60. The topological polar surface area (TPSA) is 44.2 Å². The van der Waals surface area contributed by atoms with Crippen LogP contribution in [0.5, 0.6) is 0 Å².